The second-order valence-corrected chi connectivity index (χ2v) is 7.06. The van der Waals surface area contributed by atoms with Crippen LogP contribution in [0, 0.1) is 27.3 Å². The number of benzene rings is 3. The third kappa shape index (κ3) is 5.62. The highest BCUT2D eigenvalue weighted by Crippen LogP contribution is 2.38. The summed E-state index contributed by atoms with van der Waals surface area (Å²) < 4.78 is 24.9. The molecule has 0 fully saturated rings. The van der Waals surface area contributed by atoms with Gasteiger partial charge in [-0.2, -0.15) is 5.26 Å². The zero-order valence-corrected chi connectivity index (χ0v) is 17.8. The summed E-state index contributed by atoms with van der Waals surface area (Å²) in [5, 5.41) is 20.7. The molecular weight excluding hydrogens is 435 g/mol. The zero-order chi connectivity index (χ0) is 23.1. The van der Waals surface area contributed by atoms with E-state index in [1.165, 1.54) is 36.4 Å². The molecule has 0 N–H and O–H groups in total. The molecule has 0 aliphatic rings. The van der Waals surface area contributed by atoms with E-state index in [0.29, 0.717) is 40.4 Å². The van der Waals surface area contributed by atoms with Crippen LogP contribution in [0.4, 0.5) is 10.1 Å². The van der Waals surface area contributed by atoms with Crippen LogP contribution >= 0.6 is 11.6 Å². The Morgan fingerprint density at radius 1 is 1.19 bits per heavy atom. The number of non-ortho nitro benzene ring substituents is 1. The van der Waals surface area contributed by atoms with Crippen LogP contribution < -0.4 is 9.47 Å². The standard InChI is InChI=1S/C24H18ClFN2O4/c1-2-31-23-13-17(10-19(14-27)18-6-8-21(9-7-18)28(29)30)12-22(25)24(23)32-15-16-4-3-5-20(26)11-16/h3-13H,2,15H2,1H3/b19-10-. The summed E-state index contributed by atoms with van der Waals surface area (Å²) in [6.07, 6.45) is 1.60. The first-order valence-electron chi connectivity index (χ1n) is 9.61. The monoisotopic (exact) mass is 452 g/mol. The van der Waals surface area contributed by atoms with Crippen molar-refractivity contribution in [3.8, 4) is 17.6 Å². The fraction of sp³-hybridized carbons (Fsp3) is 0.125. The SMILES string of the molecule is CCOc1cc(/C=C(/C#N)c2ccc([N+](=O)[O-])cc2)cc(Cl)c1OCc1cccc(F)c1. The van der Waals surface area contributed by atoms with Gasteiger partial charge in [-0.25, -0.2) is 4.39 Å². The van der Waals surface area contributed by atoms with Gasteiger partial charge in [0, 0.05) is 12.1 Å². The van der Waals surface area contributed by atoms with Crippen LogP contribution in [0.1, 0.15) is 23.6 Å². The van der Waals surface area contributed by atoms with Crippen LogP contribution in [0.25, 0.3) is 11.6 Å². The number of nitro groups is 1. The molecule has 162 valence electrons. The molecule has 0 saturated heterocycles. The van der Waals surface area contributed by atoms with Gasteiger partial charge < -0.3 is 9.47 Å². The molecule has 0 heterocycles. The lowest BCUT2D eigenvalue weighted by molar-refractivity contribution is -0.384. The van der Waals surface area contributed by atoms with E-state index in [1.807, 2.05) is 6.92 Å². The van der Waals surface area contributed by atoms with Gasteiger partial charge in [-0.1, -0.05) is 23.7 Å². The Kier molecular flexibility index (Phi) is 7.42. The van der Waals surface area contributed by atoms with Crippen molar-refractivity contribution in [1.82, 2.24) is 0 Å². The van der Waals surface area contributed by atoms with Crippen LogP contribution in [-0.2, 0) is 6.61 Å². The van der Waals surface area contributed by atoms with Gasteiger partial charge in [-0.15, -0.1) is 0 Å². The van der Waals surface area contributed by atoms with Gasteiger partial charge in [0.15, 0.2) is 11.5 Å². The predicted octanol–water partition coefficient (Wildman–Crippen LogP) is 6.43. The van der Waals surface area contributed by atoms with Crippen molar-refractivity contribution in [3.63, 3.8) is 0 Å². The highest BCUT2D eigenvalue weighted by Gasteiger charge is 2.14. The lowest BCUT2D eigenvalue weighted by Crippen LogP contribution is -2.01. The average molecular weight is 453 g/mol. The Labute approximate surface area is 189 Å². The minimum Gasteiger partial charge on any atom is -0.490 e. The molecule has 6 nitrogen and oxygen atoms in total. The number of nitro benzene ring substituents is 1. The van der Waals surface area contributed by atoms with Crippen molar-refractivity contribution >= 4 is 28.9 Å². The molecule has 0 spiro atoms. The maximum Gasteiger partial charge on any atom is 0.269 e. The summed E-state index contributed by atoms with van der Waals surface area (Å²) in [7, 11) is 0. The Morgan fingerprint density at radius 2 is 1.94 bits per heavy atom. The number of ether oxygens (including phenoxy) is 2. The van der Waals surface area contributed by atoms with Crippen molar-refractivity contribution in [1.29, 1.82) is 5.26 Å². The summed E-state index contributed by atoms with van der Waals surface area (Å²) in [5.41, 5.74) is 1.99. The highest BCUT2D eigenvalue weighted by atomic mass is 35.5. The lowest BCUT2D eigenvalue weighted by atomic mass is 10.0. The molecule has 0 radical (unpaired) electrons. The molecular formula is C24H18ClFN2O4. The third-order valence-corrected chi connectivity index (χ3v) is 4.71. The van der Waals surface area contributed by atoms with Gasteiger partial charge in [0.1, 0.15) is 12.4 Å². The minimum absolute atomic E-state index is 0.0625. The molecule has 3 aromatic rings. The van der Waals surface area contributed by atoms with Crippen molar-refractivity contribution in [2.75, 3.05) is 6.61 Å². The average Bonchev–Trinajstić information content (AvgIpc) is 2.77. The van der Waals surface area contributed by atoms with Gasteiger partial charge in [-0.3, -0.25) is 10.1 Å². The van der Waals surface area contributed by atoms with E-state index in [-0.39, 0.29) is 23.1 Å². The van der Waals surface area contributed by atoms with Gasteiger partial charge in [0.25, 0.3) is 5.69 Å². The second-order valence-electron chi connectivity index (χ2n) is 6.66. The number of nitriles is 1. The lowest BCUT2D eigenvalue weighted by Gasteiger charge is -2.15. The number of allylic oxidation sites excluding steroid dienone is 1. The van der Waals surface area contributed by atoms with Crippen molar-refractivity contribution in [2.24, 2.45) is 0 Å². The molecule has 3 aromatic carbocycles. The number of hydrogen-bond donors (Lipinski definition) is 0. The van der Waals surface area contributed by atoms with Crippen LogP contribution in [0.2, 0.25) is 5.02 Å². The highest BCUT2D eigenvalue weighted by molar-refractivity contribution is 6.32. The Hall–Kier alpha value is -3.89. The molecule has 0 aliphatic heterocycles. The number of halogens is 2. The smallest absolute Gasteiger partial charge is 0.269 e. The summed E-state index contributed by atoms with van der Waals surface area (Å²) in [6, 6.07) is 17.1. The van der Waals surface area contributed by atoms with E-state index in [4.69, 9.17) is 21.1 Å². The minimum atomic E-state index is -0.504. The van der Waals surface area contributed by atoms with Gasteiger partial charge >= 0.3 is 0 Å². The molecule has 0 unspecified atom stereocenters. The Balaban J connectivity index is 1.91. The van der Waals surface area contributed by atoms with E-state index in [0.717, 1.165) is 0 Å². The first-order valence-corrected chi connectivity index (χ1v) is 9.99. The van der Waals surface area contributed by atoms with Crippen LogP contribution in [0.5, 0.6) is 11.5 Å². The van der Waals surface area contributed by atoms with Gasteiger partial charge in [0.2, 0.25) is 0 Å². The van der Waals surface area contributed by atoms with E-state index >= 15 is 0 Å². The van der Waals surface area contributed by atoms with Crippen LogP contribution in [0.3, 0.4) is 0 Å². The fourth-order valence-corrected chi connectivity index (χ4v) is 3.24. The van der Waals surface area contributed by atoms with Gasteiger partial charge in [-0.05, 0) is 66.1 Å². The predicted molar refractivity (Wildman–Crippen MR) is 120 cm³/mol. The summed E-state index contributed by atoms with van der Waals surface area (Å²) in [6.45, 7) is 2.26. The normalized spacial score (nSPS) is 11.0. The largest absolute Gasteiger partial charge is 0.490 e. The summed E-state index contributed by atoms with van der Waals surface area (Å²) in [5.74, 6) is 0.324. The molecule has 0 saturated carbocycles. The molecule has 0 atom stereocenters. The van der Waals surface area contributed by atoms with Crippen molar-refractivity contribution in [2.45, 2.75) is 13.5 Å². The summed E-state index contributed by atoms with van der Waals surface area (Å²) >= 11 is 6.43. The molecule has 8 heteroatoms. The third-order valence-electron chi connectivity index (χ3n) is 4.42. The zero-order valence-electron chi connectivity index (χ0n) is 17.0. The molecule has 0 bridgehead atoms. The van der Waals surface area contributed by atoms with Crippen molar-refractivity contribution < 1.29 is 18.8 Å². The van der Waals surface area contributed by atoms with Gasteiger partial charge in [0.05, 0.1) is 28.2 Å². The van der Waals surface area contributed by atoms with E-state index in [9.17, 15) is 19.8 Å². The molecule has 0 aromatic heterocycles. The maximum atomic E-state index is 13.4. The second kappa shape index (κ2) is 10.4. The number of rotatable bonds is 8. The van der Waals surface area contributed by atoms with E-state index in [2.05, 4.69) is 6.07 Å². The first-order chi connectivity index (χ1) is 15.4. The molecule has 3 rings (SSSR count). The first kappa shape index (κ1) is 22.8. The molecule has 32 heavy (non-hydrogen) atoms. The fourth-order valence-electron chi connectivity index (χ4n) is 2.97. The maximum absolute atomic E-state index is 13.4. The summed E-state index contributed by atoms with van der Waals surface area (Å²) in [4.78, 5) is 10.3. The molecule has 0 amide bonds. The quantitative estimate of drug-likeness (QED) is 0.170. The number of hydrogen-bond acceptors (Lipinski definition) is 5. The van der Waals surface area contributed by atoms with Crippen LogP contribution in [-0.4, -0.2) is 11.5 Å². The van der Waals surface area contributed by atoms with E-state index in [1.54, 1.807) is 30.3 Å². The Morgan fingerprint density at radius 3 is 2.56 bits per heavy atom. The van der Waals surface area contributed by atoms with E-state index < -0.39 is 4.92 Å². The number of nitrogens with zero attached hydrogens (tertiary/aromatic N) is 2. The van der Waals surface area contributed by atoms with Crippen LogP contribution in [0.15, 0.2) is 60.7 Å². The topological polar surface area (TPSA) is 85.4 Å². The van der Waals surface area contributed by atoms with Crippen molar-refractivity contribution in [3.05, 3.63) is 98.3 Å². The molecule has 0 aliphatic carbocycles. The Bertz CT molecular complexity index is 1200.